The van der Waals surface area contributed by atoms with Crippen LogP contribution in [0, 0.1) is 6.92 Å². The Labute approximate surface area is 124 Å². The zero-order valence-corrected chi connectivity index (χ0v) is 13.1. The number of nitrogens with zero attached hydrogens (tertiary/aromatic N) is 2. The van der Waals surface area contributed by atoms with E-state index in [1.165, 1.54) is 0 Å². The summed E-state index contributed by atoms with van der Waals surface area (Å²) in [5, 5.41) is 6.69. The van der Waals surface area contributed by atoms with Crippen LogP contribution < -0.4 is 5.32 Å². The first-order valence-corrected chi connectivity index (χ1v) is 7.34. The molecule has 21 heavy (non-hydrogen) atoms. The third kappa shape index (κ3) is 3.83. The van der Waals surface area contributed by atoms with Gasteiger partial charge >= 0.3 is 0 Å². The molecular formula is C15H23N3O3. The van der Waals surface area contributed by atoms with E-state index in [1.807, 2.05) is 20.8 Å². The van der Waals surface area contributed by atoms with E-state index in [0.717, 1.165) is 12.8 Å². The summed E-state index contributed by atoms with van der Waals surface area (Å²) in [5.74, 6) is -0.167. The minimum Gasteiger partial charge on any atom is -0.351 e. The summed E-state index contributed by atoms with van der Waals surface area (Å²) < 4.78 is 5.04. The Hall–Kier alpha value is -1.85. The molecule has 0 aromatic carbocycles. The molecule has 2 amide bonds. The fraction of sp³-hybridized carbons (Fsp3) is 0.667. The van der Waals surface area contributed by atoms with Crippen LogP contribution in [0.3, 0.4) is 0 Å². The maximum absolute atomic E-state index is 12.5. The third-order valence-corrected chi connectivity index (χ3v) is 3.40. The maximum Gasteiger partial charge on any atom is 0.293 e. The van der Waals surface area contributed by atoms with Crippen molar-refractivity contribution in [3.8, 4) is 0 Å². The molecule has 116 valence electrons. The number of aromatic nitrogens is 1. The SMILES string of the molecule is Cc1cc(C(=O)N2CCCCC2C(=O)NC(C)(C)C)on1. The predicted molar refractivity (Wildman–Crippen MR) is 77.8 cm³/mol. The highest BCUT2D eigenvalue weighted by Gasteiger charge is 2.35. The molecule has 1 aliphatic rings. The molecule has 0 spiro atoms. The second-order valence-corrected chi connectivity index (χ2v) is 6.58. The van der Waals surface area contributed by atoms with Gasteiger partial charge in [0.05, 0.1) is 5.69 Å². The second-order valence-electron chi connectivity index (χ2n) is 6.58. The first-order valence-electron chi connectivity index (χ1n) is 7.34. The van der Waals surface area contributed by atoms with E-state index in [-0.39, 0.29) is 23.1 Å². The molecule has 2 heterocycles. The third-order valence-electron chi connectivity index (χ3n) is 3.40. The summed E-state index contributed by atoms with van der Waals surface area (Å²) in [6.07, 6.45) is 2.53. The summed E-state index contributed by atoms with van der Waals surface area (Å²) in [6, 6.07) is 1.17. The molecule has 6 heteroatoms. The average Bonchev–Trinajstić information content (AvgIpc) is 2.82. The monoisotopic (exact) mass is 293 g/mol. The molecule has 1 unspecified atom stereocenters. The van der Waals surface area contributed by atoms with Gasteiger partial charge in [0.15, 0.2) is 0 Å². The van der Waals surface area contributed by atoms with Crippen molar-refractivity contribution in [2.45, 2.75) is 58.5 Å². The molecule has 1 aliphatic heterocycles. The molecule has 1 fully saturated rings. The van der Waals surface area contributed by atoms with Crippen molar-refractivity contribution in [1.82, 2.24) is 15.4 Å². The van der Waals surface area contributed by atoms with Crippen LogP contribution in [0.1, 0.15) is 56.3 Å². The first kappa shape index (κ1) is 15.5. The van der Waals surface area contributed by atoms with E-state index in [0.29, 0.717) is 18.7 Å². The van der Waals surface area contributed by atoms with Gasteiger partial charge in [-0.1, -0.05) is 5.16 Å². The molecule has 2 rings (SSSR count). The Morgan fingerprint density at radius 2 is 2.10 bits per heavy atom. The lowest BCUT2D eigenvalue weighted by Gasteiger charge is -2.35. The number of aryl methyl sites for hydroxylation is 1. The molecule has 0 radical (unpaired) electrons. The molecule has 1 N–H and O–H groups in total. The minimum atomic E-state index is -0.434. The van der Waals surface area contributed by atoms with Crippen molar-refractivity contribution in [1.29, 1.82) is 0 Å². The van der Waals surface area contributed by atoms with Crippen LogP contribution in [0.25, 0.3) is 0 Å². The van der Waals surface area contributed by atoms with E-state index < -0.39 is 6.04 Å². The molecule has 0 aliphatic carbocycles. The summed E-state index contributed by atoms with van der Waals surface area (Å²) in [6.45, 7) is 8.13. The van der Waals surface area contributed by atoms with Crippen LogP contribution in [0.4, 0.5) is 0 Å². The first-order chi connectivity index (χ1) is 9.78. The van der Waals surface area contributed by atoms with Gasteiger partial charge in [-0.15, -0.1) is 0 Å². The van der Waals surface area contributed by atoms with Crippen molar-refractivity contribution in [3.63, 3.8) is 0 Å². The Morgan fingerprint density at radius 3 is 2.67 bits per heavy atom. The van der Waals surface area contributed by atoms with Gasteiger partial charge in [0, 0.05) is 18.2 Å². The van der Waals surface area contributed by atoms with Crippen molar-refractivity contribution in [2.75, 3.05) is 6.54 Å². The van der Waals surface area contributed by atoms with Crippen LogP contribution in [0.15, 0.2) is 10.6 Å². The van der Waals surface area contributed by atoms with Crippen molar-refractivity contribution < 1.29 is 14.1 Å². The fourth-order valence-electron chi connectivity index (χ4n) is 2.51. The van der Waals surface area contributed by atoms with Crippen molar-refractivity contribution in [3.05, 3.63) is 17.5 Å². The number of carbonyl (C=O) groups excluding carboxylic acids is 2. The Kier molecular flexibility index (Phi) is 4.34. The minimum absolute atomic E-state index is 0.105. The standard InChI is InChI=1S/C15H23N3O3/c1-10-9-12(21-17-10)14(20)18-8-6-5-7-11(18)13(19)16-15(2,3)4/h9,11H,5-8H2,1-4H3,(H,16,19). The normalized spacial score (nSPS) is 19.4. The number of carbonyl (C=O) groups is 2. The Bertz CT molecular complexity index is 531. The number of hydrogen-bond acceptors (Lipinski definition) is 4. The smallest absolute Gasteiger partial charge is 0.293 e. The molecule has 1 saturated heterocycles. The van der Waals surface area contributed by atoms with Gasteiger partial charge in [-0.2, -0.15) is 0 Å². The van der Waals surface area contributed by atoms with Gasteiger partial charge in [-0.3, -0.25) is 9.59 Å². The summed E-state index contributed by atoms with van der Waals surface area (Å²) in [4.78, 5) is 26.5. The van der Waals surface area contributed by atoms with Gasteiger partial charge in [-0.05, 0) is 47.0 Å². The molecule has 1 aromatic heterocycles. The lowest BCUT2D eigenvalue weighted by atomic mass is 9.99. The number of likely N-dealkylation sites (tertiary alicyclic amines) is 1. The lowest BCUT2D eigenvalue weighted by Crippen LogP contribution is -2.55. The largest absolute Gasteiger partial charge is 0.351 e. The zero-order valence-electron chi connectivity index (χ0n) is 13.1. The van der Waals surface area contributed by atoms with Crippen molar-refractivity contribution >= 4 is 11.8 Å². The van der Waals surface area contributed by atoms with Gasteiger partial charge in [0.2, 0.25) is 11.7 Å². The average molecular weight is 293 g/mol. The van der Waals surface area contributed by atoms with Crippen molar-refractivity contribution in [2.24, 2.45) is 0 Å². The molecule has 0 bridgehead atoms. The number of piperidine rings is 1. The van der Waals surface area contributed by atoms with E-state index in [1.54, 1.807) is 17.9 Å². The predicted octanol–water partition coefficient (Wildman–Crippen LogP) is 1.89. The molecular weight excluding hydrogens is 270 g/mol. The van der Waals surface area contributed by atoms with Crippen LogP contribution in [-0.2, 0) is 4.79 Å². The van der Waals surface area contributed by atoms with Gasteiger partial charge < -0.3 is 14.7 Å². The van der Waals surface area contributed by atoms with Crippen LogP contribution in [0.5, 0.6) is 0 Å². The van der Waals surface area contributed by atoms with Gasteiger partial charge in [0.25, 0.3) is 5.91 Å². The number of hydrogen-bond donors (Lipinski definition) is 1. The summed E-state index contributed by atoms with van der Waals surface area (Å²) in [7, 11) is 0. The molecule has 0 saturated carbocycles. The highest BCUT2D eigenvalue weighted by Crippen LogP contribution is 2.21. The Morgan fingerprint density at radius 1 is 1.38 bits per heavy atom. The molecule has 1 aromatic rings. The highest BCUT2D eigenvalue weighted by atomic mass is 16.5. The fourth-order valence-corrected chi connectivity index (χ4v) is 2.51. The highest BCUT2D eigenvalue weighted by molar-refractivity contribution is 5.95. The lowest BCUT2D eigenvalue weighted by molar-refractivity contribution is -0.128. The molecule has 6 nitrogen and oxygen atoms in total. The van der Waals surface area contributed by atoms with Crippen LogP contribution in [0.2, 0.25) is 0 Å². The van der Waals surface area contributed by atoms with E-state index in [9.17, 15) is 9.59 Å². The summed E-state index contributed by atoms with van der Waals surface area (Å²) in [5.41, 5.74) is 0.345. The van der Waals surface area contributed by atoms with Crippen LogP contribution >= 0.6 is 0 Å². The number of rotatable bonds is 2. The second kappa shape index (κ2) is 5.87. The van der Waals surface area contributed by atoms with E-state index >= 15 is 0 Å². The topological polar surface area (TPSA) is 75.4 Å². The van der Waals surface area contributed by atoms with Gasteiger partial charge in [0.1, 0.15) is 6.04 Å². The van der Waals surface area contributed by atoms with E-state index in [2.05, 4.69) is 10.5 Å². The number of nitrogens with one attached hydrogen (secondary N) is 1. The number of amides is 2. The summed E-state index contributed by atoms with van der Waals surface area (Å²) >= 11 is 0. The Balaban J connectivity index is 2.15. The maximum atomic E-state index is 12.5. The quantitative estimate of drug-likeness (QED) is 0.903. The zero-order chi connectivity index (χ0) is 15.6. The van der Waals surface area contributed by atoms with Gasteiger partial charge in [-0.25, -0.2) is 0 Å². The van der Waals surface area contributed by atoms with E-state index in [4.69, 9.17) is 4.52 Å². The van der Waals surface area contributed by atoms with Crippen LogP contribution in [-0.4, -0.2) is 40.0 Å². The molecule has 1 atom stereocenters.